The molecule has 6 rings (SSSR count). The van der Waals surface area contributed by atoms with Gasteiger partial charge in [0.1, 0.15) is 16.4 Å². The lowest BCUT2D eigenvalue weighted by atomic mass is 9.66. The van der Waals surface area contributed by atoms with E-state index in [1.807, 2.05) is 24.0 Å². The summed E-state index contributed by atoms with van der Waals surface area (Å²) in [6, 6.07) is 6.27. The van der Waals surface area contributed by atoms with E-state index in [0.29, 0.717) is 11.8 Å². The van der Waals surface area contributed by atoms with E-state index >= 15 is 0 Å². The van der Waals surface area contributed by atoms with Crippen LogP contribution >= 0.6 is 11.8 Å². The van der Waals surface area contributed by atoms with Crippen molar-refractivity contribution < 1.29 is 9.47 Å². The molecule has 1 unspecified atom stereocenters. The molecule has 0 radical (unpaired) electrons. The molecule has 0 aliphatic heterocycles. The van der Waals surface area contributed by atoms with E-state index in [2.05, 4.69) is 37.0 Å². The van der Waals surface area contributed by atoms with Crippen LogP contribution in [0.15, 0.2) is 62.9 Å². The molecule has 0 spiro atoms. The SMILES string of the molecule is CCOC1=C2C(=C3CCCCCC31)[C@]13CCCC[C@H]1[C@@]2(OCC)C=C3Sc1ccccn1. The number of aromatic nitrogens is 1. The molecule has 4 atom stereocenters. The molecule has 2 bridgehead atoms. The molecule has 1 heterocycles. The van der Waals surface area contributed by atoms with Crippen LogP contribution in [0.4, 0.5) is 0 Å². The third-order valence-electron chi connectivity index (χ3n) is 8.58. The molecule has 0 aromatic carbocycles. The minimum absolute atomic E-state index is 0.0989. The van der Waals surface area contributed by atoms with Crippen LogP contribution in [0.2, 0.25) is 0 Å². The molecule has 5 aliphatic rings. The van der Waals surface area contributed by atoms with Gasteiger partial charge in [0.25, 0.3) is 0 Å². The Kier molecular flexibility index (Phi) is 5.30. The van der Waals surface area contributed by atoms with Gasteiger partial charge < -0.3 is 9.47 Å². The van der Waals surface area contributed by atoms with E-state index in [4.69, 9.17) is 9.47 Å². The average Bonchev–Trinajstić information content (AvgIpc) is 3.25. The zero-order valence-electron chi connectivity index (χ0n) is 19.5. The zero-order valence-corrected chi connectivity index (χ0v) is 20.3. The van der Waals surface area contributed by atoms with Crippen LogP contribution in [0.25, 0.3) is 0 Å². The van der Waals surface area contributed by atoms with Gasteiger partial charge in [-0.05, 0) is 69.7 Å². The first-order valence-corrected chi connectivity index (χ1v) is 13.7. The first kappa shape index (κ1) is 21.0. The summed E-state index contributed by atoms with van der Waals surface area (Å²) < 4.78 is 13.4. The number of rotatable bonds is 6. The summed E-state index contributed by atoms with van der Waals surface area (Å²) in [4.78, 5) is 6.18. The molecule has 4 heteroatoms. The van der Waals surface area contributed by atoms with E-state index in [9.17, 15) is 0 Å². The highest BCUT2D eigenvalue weighted by Gasteiger charge is 2.72. The lowest BCUT2D eigenvalue weighted by Gasteiger charge is -2.41. The van der Waals surface area contributed by atoms with Crippen molar-refractivity contribution in [2.45, 2.75) is 82.3 Å². The molecule has 3 nitrogen and oxygen atoms in total. The summed E-state index contributed by atoms with van der Waals surface area (Å²) >= 11 is 1.90. The van der Waals surface area contributed by atoms with E-state index in [1.165, 1.54) is 74.0 Å². The highest BCUT2D eigenvalue weighted by Crippen LogP contribution is 2.77. The Balaban J connectivity index is 1.59. The van der Waals surface area contributed by atoms with Gasteiger partial charge in [-0.25, -0.2) is 4.98 Å². The minimum Gasteiger partial charge on any atom is -0.497 e. The zero-order chi connectivity index (χ0) is 21.8. The second-order valence-electron chi connectivity index (χ2n) is 10.00. The molecule has 1 aromatic rings. The second-order valence-corrected chi connectivity index (χ2v) is 11.1. The Labute approximate surface area is 196 Å². The maximum atomic E-state index is 6.86. The predicted octanol–water partition coefficient (Wildman–Crippen LogP) is 7.22. The van der Waals surface area contributed by atoms with Gasteiger partial charge in [0.05, 0.1) is 6.61 Å². The molecule has 3 fully saturated rings. The van der Waals surface area contributed by atoms with E-state index in [0.717, 1.165) is 18.2 Å². The third-order valence-corrected chi connectivity index (χ3v) is 9.73. The highest BCUT2D eigenvalue weighted by atomic mass is 32.2. The van der Waals surface area contributed by atoms with Crippen molar-refractivity contribution in [3.05, 3.63) is 57.9 Å². The Hall–Kier alpha value is -1.52. The highest BCUT2D eigenvalue weighted by molar-refractivity contribution is 8.03. The van der Waals surface area contributed by atoms with E-state index in [-0.39, 0.29) is 11.0 Å². The fourth-order valence-corrected chi connectivity index (χ4v) is 8.94. The van der Waals surface area contributed by atoms with Crippen LogP contribution in [-0.4, -0.2) is 23.8 Å². The second kappa shape index (κ2) is 8.06. The van der Waals surface area contributed by atoms with Crippen molar-refractivity contribution in [2.75, 3.05) is 13.2 Å². The number of ether oxygens (including phenoxy) is 2. The van der Waals surface area contributed by atoms with Crippen LogP contribution in [0, 0.1) is 17.3 Å². The largest absolute Gasteiger partial charge is 0.497 e. The fraction of sp³-hybridized carbons (Fsp3) is 0.607. The minimum atomic E-state index is -0.314. The molecule has 0 N–H and O–H groups in total. The number of pyridine rings is 1. The van der Waals surface area contributed by atoms with Crippen LogP contribution in [0.3, 0.4) is 0 Å². The van der Waals surface area contributed by atoms with Crippen LogP contribution in [0.5, 0.6) is 0 Å². The number of nitrogens with zero attached hydrogens (tertiary/aromatic N) is 1. The summed E-state index contributed by atoms with van der Waals surface area (Å²) in [5, 5.41) is 1.10. The summed E-state index contributed by atoms with van der Waals surface area (Å²) in [6.45, 7) is 5.79. The van der Waals surface area contributed by atoms with E-state index in [1.54, 1.807) is 11.1 Å². The van der Waals surface area contributed by atoms with Crippen molar-refractivity contribution in [3.63, 3.8) is 0 Å². The van der Waals surface area contributed by atoms with Gasteiger partial charge >= 0.3 is 0 Å². The fourth-order valence-electron chi connectivity index (χ4n) is 7.70. The van der Waals surface area contributed by atoms with Crippen molar-refractivity contribution in [2.24, 2.45) is 17.3 Å². The average molecular weight is 450 g/mol. The topological polar surface area (TPSA) is 31.4 Å². The Morgan fingerprint density at radius 2 is 1.94 bits per heavy atom. The molecule has 1 aromatic heterocycles. The van der Waals surface area contributed by atoms with Gasteiger partial charge in [0.15, 0.2) is 0 Å². The van der Waals surface area contributed by atoms with Gasteiger partial charge in [-0.15, -0.1) is 0 Å². The maximum absolute atomic E-state index is 6.86. The lowest BCUT2D eigenvalue weighted by molar-refractivity contribution is -0.0268. The van der Waals surface area contributed by atoms with Gasteiger partial charge in [-0.3, -0.25) is 0 Å². The quantitative estimate of drug-likeness (QED) is 0.459. The molecular formula is C28H35NO2S. The number of hydrogen-bond acceptors (Lipinski definition) is 4. The van der Waals surface area contributed by atoms with Crippen molar-refractivity contribution in [1.29, 1.82) is 0 Å². The molecule has 5 aliphatic carbocycles. The molecular weight excluding hydrogens is 414 g/mol. The molecule has 0 amide bonds. The smallest absolute Gasteiger partial charge is 0.120 e. The maximum Gasteiger partial charge on any atom is 0.120 e. The van der Waals surface area contributed by atoms with Crippen LogP contribution in [-0.2, 0) is 9.47 Å². The van der Waals surface area contributed by atoms with Gasteiger partial charge in [0, 0.05) is 40.5 Å². The van der Waals surface area contributed by atoms with Crippen molar-refractivity contribution in [1.82, 2.24) is 4.98 Å². The monoisotopic (exact) mass is 449 g/mol. The Bertz CT molecular complexity index is 996. The van der Waals surface area contributed by atoms with E-state index < -0.39 is 0 Å². The summed E-state index contributed by atoms with van der Waals surface area (Å²) in [7, 11) is 0. The molecule has 32 heavy (non-hydrogen) atoms. The van der Waals surface area contributed by atoms with Crippen LogP contribution in [0.1, 0.15) is 71.6 Å². The Morgan fingerprint density at radius 3 is 2.75 bits per heavy atom. The predicted molar refractivity (Wildman–Crippen MR) is 129 cm³/mol. The molecule has 3 saturated carbocycles. The number of hydrogen-bond donors (Lipinski definition) is 0. The first-order chi connectivity index (χ1) is 15.8. The normalized spacial score (nSPS) is 35.4. The number of fused-ring (bicyclic) bond motifs is 3. The lowest BCUT2D eigenvalue weighted by Crippen LogP contribution is -2.39. The van der Waals surface area contributed by atoms with Crippen molar-refractivity contribution >= 4 is 11.8 Å². The summed E-state index contributed by atoms with van der Waals surface area (Å²) in [5.74, 6) is 2.27. The number of thioether (sulfide) groups is 1. The standard InChI is InChI=1S/C28H35NO2S/c1-3-30-26-20-13-7-5-6-12-19(20)24-25(26)28(31-4-2)18-22(32-23-15-9-11-17-29-23)27(24)16-10-8-14-21(27)28/h9,11,15,17-18,20-21H,3-8,10,12-14,16H2,1-2H3/t20?,21-,27-,28+/m1/s1. The molecule has 170 valence electrons. The van der Waals surface area contributed by atoms with Crippen LogP contribution < -0.4 is 0 Å². The van der Waals surface area contributed by atoms with Gasteiger partial charge in [0.2, 0.25) is 0 Å². The van der Waals surface area contributed by atoms with Gasteiger partial charge in [-0.1, -0.05) is 49.1 Å². The third kappa shape index (κ3) is 2.75. The Morgan fingerprint density at radius 1 is 1.03 bits per heavy atom. The molecule has 0 saturated heterocycles. The summed E-state index contributed by atoms with van der Waals surface area (Å²) in [6.07, 6.45) is 16.0. The number of allylic oxidation sites excluding steroid dienone is 2. The van der Waals surface area contributed by atoms with Gasteiger partial charge in [-0.2, -0.15) is 0 Å². The van der Waals surface area contributed by atoms with Crippen molar-refractivity contribution in [3.8, 4) is 0 Å². The first-order valence-electron chi connectivity index (χ1n) is 12.8. The summed E-state index contributed by atoms with van der Waals surface area (Å²) in [5.41, 5.74) is 4.61.